The summed E-state index contributed by atoms with van der Waals surface area (Å²) in [4.78, 5) is 43.1. The highest BCUT2D eigenvalue weighted by Crippen LogP contribution is 2.60. The van der Waals surface area contributed by atoms with E-state index >= 15 is 0 Å². The molecule has 1 amide bonds. The van der Waals surface area contributed by atoms with Crippen molar-refractivity contribution < 1.29 is 67.0 Å². The smallest absolute Gasteiger partial charge is 0.387 e. The second-order valence-corrected chi connectivity index (χ2v) is 12.8. The molecule has 2 aliphatic heterocycles. The van der Waals surface area contributed by atoms with Crippen LogP contribution in [0.4, 0.5) is 5.82 Å². The molecule has 0 spiro atoms. The van der Waals surface area contributed by atoms with E-state index in [9.17, 15) is 44.1 Å². The largest absolute Gasteiger partial charge is 0.481 e. The fourth-order valence-electron chi connectivity index (χ4n) is 4.66. The summed E-state index contributed by atoms with van der Waals surface area (Å²) in [7, 11) is -10.7. The van der Waals surface area contributed by atoms with Gasteiger partial charge in [-0.2, -0.15) is 4.31 Å². The number of benzene rings is 1. The Morgan fingerprint density at radius 3 is 2.09 bits per heavy atom. The van der Waals surface area contributed by atoms with Crippen LogP contribution in [0, 0.1) is 0 Å². The van der Waals surface area contributed by atoms with E-state index in [1.807, 2.05) is 0 Å². The third-order valence-corrected chi connectivity index (χ3v) is 9.50. The van der Waals surface area contributed by atoms with Crippen LogP contribution in [-0.4, -0.2) is 105 Å². The number of hydrogen-bond acceptors (Lipinski definition) is 16. The van der Waals surface area contributed by atoms with Gasteiger partial charge >= 0.3 is 15.6 Å². The highest BCUT2D eigenvalue weighted by atomic mass is 31.3. The Labute approximate surface area is 247 Å². The molecule has 2 fully saturated rings. The first-order chi connectivity index (χ1) is 20.7. The third-order valence-electron chi connectivity index (χ3n) is 6.89. The summed E-state index contributed by atoms with van der Waals surface area (Å²) in [6.45, 7) is -1.76. The number of phosphoric acid groups is 2. The Morgan fingerprint density at radius 1 is 0.886 bits per heavy atom. The topological polar surface area (TPSA) is 314 Å². The van der Waals surface area contributed by atoms with E-state index in [-0.39, 0.29) is 22.5 Å². The predicted octanol–water partition coefficient (Wildman–Crippen LogP) is -1.76. The van der Waals surface area contributed by atoms with E-state index in [1.54, 1.807) is 0 Å². The number of fused-ring (bicyclic) bond motifs is 1. The maximum absolute atomic E-state index is 12.4. The van der Waals surface area contributed by atoms with Crippen LogP contribution in [0.5, 0.6) is 0 Å². The first-order valence-electron chi connectivity index (χ1n) is 12.7. The Balaban J connectivity index is 1.15. The molecule has 10 atom stereocenters. The number of aliphatic hydroxyl groups is 4. The quantitative estimate of drug-likeness (QED) is 0.105. The fraction of sp³-hybridized carbons (Fsp3) is 0.455. The van der Waals surface area contributed by atoms with Crippen LogP contribution in [0.1, 0.15) is 28.3 Å². The normalized spacial score (nSPS) is 31.6. The molecule has 1 aromatic carbocycles. The molecule has 20 nitrogen and oxygen atoms in total. The van der Waals surface area contributed by atoms with Crippen molar-refractivity contribution in [3.8, 4) is 0 Å². The molecular weight excluding hydrogens is 634 g/mol. The summed E-state index contributed by atoms with van der Waals surface area (Å²) in [5, 5.41) is 41.6. The van der Waals surface area contributed by atoms with Gasteiger partial charge in [-0.15, -0.1) is 0 Å². The second kappa shape index (κ2) is 12.5. The summed E-state index contributed by atoms with van der Waals surface area (Å²) in [6, 6.07) is 5.61. The molecule has 10 N–H and O–H groups in total. The lowest BCUT2D eigenvalue weighted by atomic mass is 10.0. The summed E-state index contributed by atoms with van der Waals surface area (Å²) in [5.74, 6) is -0.630. The number of phosphoric ester groups is 2. The molecule has 0 bridgehead atoms. The average molecular weight is 662 g/mol. The Morgan fingerprint density at radius 2 is 1.48 bits per heavy atom. The molecule has 4 heterocycles. The molecular formula is C22H28N6O14P2. The van der Waals surface area contributed by atoms with Crippen molar-refractivity contribution in [1.82, 2.24) is 19.5 Å². The zero-order valence-corrected chi connectivity index (χ0v) is 24.1. The molecule has 5 rings (SSSR count). The first kappa shape index (κ1) is 32.5. The molecule has 22 heteroatoms. The average Bonchev–Trinajstić information content (AvgIpc) is 3.61. The molecule has 3 aromatic rings. The number of primary amides is 1. The van der Waals surface area contributed by atoms with Gasteiger partial charge in [0.25, 0.3) is 0 Å². The molecule has 2 aromatic heterocycles. The van der Waals surface area contributed by atoms with Crippen molar-refractivity contribution in [3.63, 3.8) is 0 Å². The van der Waals surface area contributed by atoms with Crippen LogP contribution in [-0.2, 0) is 32.0 Å². The number of rotatable bonds is 11. The Kier molecular flexibility index (Phi) is 9.18. The van der Waals surface area contributed by atoms with Crippen molar-refractivity contribution >= 4 is 38.5 Å². The van der Waals surface area contributed by atoms with E-state index in [2.05, 4.69) is 19.3 Å². The lowest BCUT2D eigenvalue weighted by Gasteiger charge is -2.20. The standard InChI is InChI=1S/C22H28N6O14P2/c23-19-13-21(26-7-25-19)28(8-27-13)22-17(32)15(30)12(41-22)6-39-44(36,37)42-43(34,35)38-5-11-14(29)16(31)18(40-11)9-1-3-10(4-2-9)20(24)33/h1-4,7-8,11-12,14-18,22,29-32H,5-6H2,(H2,24,33)(H,34,35)(H,36,37)(H2,23,25,26)/t11-,12-,14-,15-,16-,17-,18+,22-/m1/s1. The Hall–Kier alpha value is -2.94. The minimum Gasteiger partial charge on any atom is -0.387 e. The molecule has 44 heavy (non-hydrogen) atoms. The number of aliphatic hydroxyl groups excluding tert-OH is 4. The maximum atomic E-state index is 12.4. The molecule has 240 valence electrons. The van der Waals surface area contributed by atoms with E-state index in [4.69, 9.17) is 30.0 Å². The predicted molar refractivity (Wildman–Crippen MR) is 143 cm³/mol. The van der Waals surface area contributed by atoms with Crippen LogP contribution >= 0.6 is 15.6 Å². The first-order valence-corrected chi connectivity index (χ1v) is 15.7. The van der Waals surface area contributed by atoms with Crippen molar-refractivity contribution in [2.24, 2.45) is 5.73 Å². The lowest BCUT2D eigenvalue weighted by Crippen LogP contribution is -2.33. The number of amides is 1. The van der Waals surface area contributed by atoms with Gasteiger partial charge < -0.3 is 51.2 Å². The van der Waals surface area contributed by atoms with Gasteiger partial charge in [0.2, 0.25) is 5.91 Å². The van der Waals surface area contributed by atoms with Crippen molar-refractivity contribution in [1.29, 1.82) is 0 Å². The van der Waals surface area contributed by atoms with Gasteiger partial charge in [-0.1, -0.05) is 12.1 Å². The molecule has 2 saturated heterocycles. The fourth-order valence-corrected chi connectivity index (χ4v) is 6.76. The maximum Gasteiger partial charge on any atom is 0.481 e. The highest BCUT2D eigenvalue weighted by molar-refractivity contribution is 7.61. The number of carbonyl (C=O) groups is 1. The monoisotopic (exact) mass is 662 g/mol. The van der Waals surface area contributed by atoms with E-state index in [0.717, 1.165) is 6.33 Å². The zero-order chi connectivity index (χ0) is 32.0. The SMILES string of the molecule is NC(=O)c1ccc([C@@H]2O[C@H](COP(=O)(O)OP(=O)(O)OC[C@H]3O[C@@H](n4cnc5c(N)ncnc54)[C@H](O)[C@@H]3O)[C@@H](O)[C@H]2O)cc1. The molecule has 2 aliphatic rings. The van der Waals surface area contributed by atoms with Crippen LogP contribution in [0.3, 0.4) is 0 Å². The van der Waals surface area contributed by atoms with E-state index in [1.165, 1.54) is 35.2 Å². The summed E-state index contributed by atoms with van der Waals surface area (Å²) in [5.41, 5.74) is 11.8. The molecule has 0 radical (unpaired) electrons. The molecule has 2 unspecified atom stereocenters. The van der Waals surface area contributed by atoms with Gasteiger partial charge in [-0.25, -0.2) is 24.1 Å². The number of aromatic nitrogens is 4. The molecule has 0 saturated carbocycles. The zero-order valence-electron chi connectivity index (χ0n) is 22.3. The van der Waals surface area contributed by atoms with Crippen LogP contribution in [0.15, 0.2) is 36.9 Å². The van der Waals surface area contributed by atoms with Crippen LogP contribution in [0.25, 0.3) is 11.2 Å². The van der Waals surface area contributed by atoms with Gasteiger partial charge in [0.15, 0.2) is 17.7 Å². The minimum atomic E-state index is -5.36. The number of nitrogens with zero attached hydrogens (tertiary/aromatic N) is 4. The van der Waals surface area contributed by atoms with E-state index < -0.39 is 83.7 Å². The van der Waals surface area contributed by atoms with Gasteiger partial charge in [-0.3, -0.25) is 18.4 Å². The summed E-state index contributed by atoms with van der Waals surface area (Å²) < 4.78 is 50.8. The number of carbonyl (C=O) groups excluding carboxylic acids is 1. The van der Waals surface area contributed by atoms with Gasteiger partial charge in [0, 0.05) is 5.56 Å². The highest BCUT2D eigenvalue weighted by Gasteiger charge is 2.47. The van der Waals surface area contributed by atoms with Gasteiger partial charge in [0.05, 0.1) is 19.5 Å². The summed E-state index contributed by atoms with van der Waals surface area (Å²) in [6.07, 6.45) is -9.17. The van der Waals surface area contributed by atoms with Crippen LogP contribution < -0.4 is 11.5 Å². The number of imidazole rings is 1. The molecule has 0 aliphatic carbocycles. The Bertz CT molecular complexity index is 1610. The number of ether oxygens (including phenoxy) is 2. The number of hydrogen-bond donors (Lipinski definition) is 8. The van der Waals surface area contributed by atoms with E-state index in [0.29, 0.717) is 5.56 Å². The second-order valence-electron chi connectivity index (χ2n) is 9.80. The lowest BCUT2D eigenvalue weighted by molar-refractivity contribution is -0.0507. The summed E-state index contributed by atoms with van der Waals surface area (Å²) >= 11 is 0. The minimum absolute atomic E-state index is 0.0528. The van der Waals surface area contributed by atoms with Crippen molar-refractivity contribution in [2.45, 2.75) is 49.0 Å². The van der Waals surface area contributed by atoms with Gasteiger partial charge in [-0.05, 0) is 17.7 Å². The van der Waals surface area contributed by atoms with Crippen molar-refractivity contribution in [2.75, 3.05) is 18.9 Å². The number of anilines is 1. The van der Waals surface area contributed by atoms with Crippen LogP contribution in [0.2, 0.25) is 0 Å². The van der Waals surface area contributed by atoms with Gasteiger partial charge in [0.1, 0.15) is 54.6 Å². The third kappa shape index (κ3) is 6.68. The number of nitrogens with two attached hydrogens (primary N) is 2. The van der Waals surface area contributed by atoms with Crippen molar-refractivity contribution in [3.05, 3.63) is 48.0 Å². The number of nitrogen functional groups attached to an aromatic ring is 1.